The second-order valence-electron chi connectivity index (χ2n) is 4.47. The molecule has 0 saturated heterocycles. The molecule has 1 atom stereocenters. The first-order valence-corrected chi connectivity index (χ1v) is 6.72. The molecule has 0 spiro atoms. The van der Waals surface area contributed by atoms with Gasteiger partial charge in [0.2, 0.25) is 0 Å². The smallest absolute Gasteiger partial charge is 0.407 e. The van der Waals surface area contributed by atoms with Gasteiger partial charge in [-0.05, 0) is 18.9 Å². The van der Waals surface area contributed by atoms with E-state index in [0.717, 1.165) is 18.4 Å². The van der Waals surface area contributed by atoms with Gasteiger partial charge in [0, 0.05) is 0 Å². The standard InChI is InChI=1S/C15H23NO2/c1-3-4-5-9-12-18-15(17)16-13(2)14-10-7-6-8-11-14/h6-8,10-11,13H,3-5,9,12H2,1-2H3,(H,16,17). The number of amides is 1. The maximum atomic E-state index is 11.5. The summed E-state index contributed by atoms with van der Waals surface area (Å²) in [5.41, 5.74) is 1.08. The fraction of sp³-hybridized carbons (Fsp3) is 0.533. The molecule has 0 bridgehead atoms. The quantitative estimate of drug-likeness (QED) is 0.740. The average Bonchev–Trinajstić information content (AvgIpc) is 2.39. The van der Waals surface area contributed by atoms with Crippen molar-refractivity contribution in [2.45, 2.75) is 45.6 Å². The molecule has 1 unspecified atom stereocenters. The zero-order chi connectivity index (χ0) is 13.2. The maximum absolute atomic E-state index is 11.5. The van der Waals surface area contributed by atoms with E-state index in [0.29, 0.717) is 6.61 Å². The third-order valence-electron chi connectivity index (χ3n) is 2.86. The lowest BCUT2D eigenvalue weighted by atomic mass is 10.1. The predicted octanol–water partition coefficient (Wildman–Crippen LogP) is 4.05. The van der Waals surface area contributed by atoms with Crippen molar-refractivity contribution < 1.29 is 9.53 Å². The first-order chi connectivity index (χ1) is 8.74. The zero-order valence-electron chi connectivity index (χ0n) is 11.3. The van der Waals surface area contributed by atoms with E-state index in [-0.39, 0.29) is 12.1 Å². The van der Waals surface area contributed by atoms with E-state index in [2.05, 4.69) is 12.2 Å². The minimum Gasteiger partial charge on any atom is -0.450 e. The molecule has 0 aliphatic carbocycles. The number of benzene rings is 1. The minimum absolute atomic E-state index is 0.0191. The lowest BCUT2D eigenvalue weighted by Crippen LogP contribution is -2.27. The van der Waals surface area contributed by atoms with Crippen LogP contribution in [0.15, 0.2) is 30.3 Å². The Morgan fingerprint density at radius 2 is 1.94 bits per heavy atom. The van der Waals surface area contributed by atoms with E-state index >= 15 is 0 Å². The molecule has 0 radical (unpaired) electrons. The summed E-state index contributed by atoms with van der Waals surface area (Å²) in [4.78, 5) is 11.5. The van der Waals surface area contributed by atoms with Gasteiger partial charge in [-0.15, -0.1) is 0 Å². The molecule has 0 aromatic heterocycles. The number of carbonyl (C=O) groups is 1. The molecule has 1 amide bonds. The van der Waals surface area contributed by atoms with Crippen LogP contribution >= 0.6 is 0 Å². The minimum atomic E-state index is -0.331. The molecule has 3 nitrogen and oxygen atoms in total. The summed E-state index contributed by atoms with van der Waals surface area (Å²) >= 11 is 0. The molecule has 0 saturated carbocycles. The molecule has 1 aromatic rings. The summed E-state index contributed by atoms with van der Waals surface area (Å²) in [6.45, 7) is 4.62. The fourth-order valence-corrected chi connectivity index (χ4v) is 1.74. The number of carbonyl (C=O) groups excluding carboxylic acids is 1. The Kier molecular flexibility index (Phi) is 6.92. The molecule has 0 aliphatic rings. The summed E-state index contributed by atoms with van der Waals surface area (Å²) in [6, 6.07) is 9.85. The molecule has 1 aromatic carbocycles. The van der Waals surface area contributed by atoms with Crippen LogP contribution in [-0.2, 0) is 4.74 Å². The number of rotatable bonds is 7. The molecule has 0 aliphatic heterocycles. The summed E-state index contributed by atoms with van der Waals surface area (Å²) in [5, 5.41) is 2.83. The molecule has 3 heteroatoms. The van der Waals surface area contributed by atoms with Crippen LogP contribution in [0.25, 0.3) is 0 Å². The first-order valence-electron chi connectivity index (χ1n) is 6.72. The normalized spacial score (nSPS) is 11.9. The Morgan fingerprint density at radius 1 is 1.22 bits per heavy atom. The Balaban J connectivity index is 2.20. The number of ether oxygens (including phenoxy) is 1. The Labute approximate surface area is 110 Å². The van der Waals surface area contributed by atoms with Crippen LogP contribution in [0.4, 0.5) is 4.79 Å². The number of hydrogen-bond donors (Lipinski definition) is 1. The van der Waals surface area contributed by atoms with Gasteiger partial charge in [-0.3, -0.25) is 0 Å². The van der Waals surface area contributed by atoms with Gasteiger partial charge in [0.15, 0.2) is 0 Å². The van der Waals surface area contributed by atoms with Crippen molar-refractivity contribution >= 4 is 6.09 Å². The highest BCUT2D eigenvalue weighted by atomic mass is 16.5. The molecular formula is C15H23NO2. The van der Waals surface area contributed by atoms with E-state index in [1.807, 2.05) is 37.3 Å². The SMILES string of the molecule is CCCCCCOC(=O)NC(C)c1ccccc1. The van der Waals surface area contributed by atoms with E-state index in [9.17, 15) is 4.79 Å². The van der Waals surface area contributed by atoms with Crippen LogP contribution in [0.5, 0.6) is 0 Å². The largest absolute Gasteiger partial charge is 0.450 e. The van der Waals surface area contributed by atoms with Crippen LogP contribution in [0.1, 0.15) is 51.1 Å². The van der Waals surface area contributed by atoms with Crippen molar-refractivity contribution in [2.24, 2.45) is 0 Å². The number of nitrogens with one attached hydrogen (secondary N) is 1. The summed E-state index contributed by atoms with van der Waals surface area (Å²) < 4.78 is 5.13. The van der Waals surface area contributed by atoms with Gasteiger partial charge in [-0.25, -0.2) is 4.79 Å². The van der Waals surface area contributed by atoms with E-state index in [1.165, 1.54) is 12.8 Å². The zero-order valence-corrected chi connectivity index (χ0v) is 11.3. The van der Waals surface area contributed by atoms with Crippen LogP contribution in [0.2, 0.25) is 0 Å². The van der Waals surface area contributed by atoms with Crippen LogP contribution < -0.4 is 5.32 Å². The molecule has 1 N–H and O–H groups in total. The highest BCUT2D eigenvalue weighted by Gasteiger charge is 2.09. The van der Waals surface area contributed by atoms with E-state index < -0.39 is 0 Å². The molecule has 100 valence electrons. The van der Waals surface area contributed by atoms with Crippen LogP contribution in [0.3, 0.4) is 0 Å². The lowest BCUT2D eigenvalue weighted by molar-refractivity contribution is 0.140. The molecule has 1 rings (SSSR count). The third-order valence-corrected chi connectivity index (χ3v) is 2.86. The summed E-state index contributed by atoms with van der Waals surface area (Å²) in [6.07, 6.45) is 4.13. The Morgan fingerprint density at radius 3 is 2.61 bits per heavy atom. The van der Waals surface area contributed by atoms with Gasteiger partial charge < -0.3 is 10.1 Å². The van der Waals surface area contributed by atoms with Crippen molar-refractivity contribution in [3.8, 4) is 0 Å². The van der Waals surface area contributed by atoms with Gasteiger partial charge >= 0.3 is 6.09 Å². The second kappa shape index (κ2) is 8.56. The molecule has 0 heterocycles. The number of unbranched alkanes of at least 4 members (excludes halogenated alkanes) is 3. The second-order valence-corrected chi connectivity index (χ2v) is 4.47. The summed E-state index contributed by atoms with van der Waals surface area (Å²) in [7, 11) is 0. The topological polar surface area (TPSA) is 38.3 Å². The highest BCUT2D eigenvalue weighted by Crippen LogP contribution is 2.11. The summed E-state index contributed by atoms with van der Waals surface area (Å²) in [5.74, 6) is 0. The number of alkyl carbamates (subject to hydrolysis) is 1. The van der Waals surface area contributed by atoms with Gasteiger partial charge in [-0.1, -0.05) is 56.5 Å². The monoisotopic (exact) mass is 249 g/mol. The first kappa shape index (κ1) is 14.6. The van der Waals surface area contributed by atoms with Crippen molar-refractivity contribution in [3.63, 3.8) is 0 Å². The van der Waals surface area contributed by atoms with Gasteiger partial charge in [0.05, 0.1) is 12.6 Å². The van der Waals surface area contributed by atoms with Crippen LogP contribution in [0, 0.1) is 0 Å². The third kappa shape index (κ3) is 5.71. The predicted molar refractivity (Wildman–Crippen MR) is 73.5 cm³/mol. The van der Waals surface area contributed by atoms with Crippen molar-refractivity contribution in [1.82, 2.24) is 5.32 Å². The fourth-order valence-electron chi connectivity index (χ4n) is 1.74. The molecular weight excluding hydrogens is 226 g/mol. The van der Waals surface area contributed by atoms with E-state index in [1.54, 1.807) is 0 Å². The van der Waals surface area contributed by atoms with Gasteiger partial charge in [-0.2, -0.15) is 0 Å². The van der Waals surface area contributed by atoms with Crippen molar-refractivity contribution in [2.75, 3.05) is 6.61 Å². The highest BCUT2D eigenvalue weighted by molar-refractivity contribution is 5.67. The van der Waals surface area contributed by atoms with Gasteiger partial charge in [0.25, 0.3) is 0 Å². The lowest BCUT2D eigenvalue weighted by Gasteiger charge is -2.14. The van der Waals surface area contributed by atoms with Crippen LogP contribution in [-0.4, -0.2) is 12.7 Å². The average molecular weight is 249 g/mol. The Bertz CT molecular complexity index is 338. The maximum Gasteiger partial charge on any atom is 0.407 e. The van der Waals surface area contributed by atoms with Crippen molar-refractivity contribution in [1.29, 1.82) is 0 Å². The van der Waals surface area contributed by atoms with Gasteiger partial charge in [0.1, 0.15) is 0 Å². The van der Waals surface area contributed by atoms with Crippen molar-refractivity contribution in [3.05, 3.63) is 35.9 Å². The molecule has 18 heavy (non-hydrogen) atoms. The molecule has 0 fully saturated rings. The Hall–Kier alpha value is -1.51. The van der Waals surface area contributed by atoms with E-state index in [4.69, 9.17) is 4.74 Å². The number of hydrogen-bond acceptors (Lipinski definition) is 2.